The Morgan fingerprint density at radius 2 is 2.17 bits per heavy atom. The first-order valence-corrected chi connectivity index (χ1v) is 6.82. The molecule has 2 aliphatic rings. The molecule has 1 N–H and O–H groups in total. The van der Waals surface area contributed by atoms with Gasteiger partial charge < -0.3 is 15.0 Å². The number of nitrogens with one attached hydrogen (secondary N) is 1. The molecule has 0 bridgehead atoms. The van der Waals surface area contributed by atoms with E-state index in [9.17, 15) is 9.59 Å². The smallest absolute Gasteiger partial charge is 0.244 e. The summed E-state index contributed by atoms with van der Waals surface area (Å²) in [6.45, 7) is 4.52. The van der Waals surface area contributed by atoms with Gasteiger partial charge in [0, 0.05) is 32.7 Å². The van der Waals surface area contributed by atoms with Crippen molar-refractivity contribution in [3.63, 3.8) is 0 Å². The molecule has 1 saturated heterocycles. The molecule has 0 radical (unpaired) electrons. The fourth-order valence-corrected chi connectivity index (χ4v) is 2.11. The van der Waals surface area contributed by atoms with Crippen LogP contribution in [-0.4, -0.2) is 49.1 Å². The van der Waals surface area contributed by atoms with Crippen LogP contribution in [0.2, 0.25) is 0 Å². The van der Waals surface area contributed by atoms with Gasteiger partial charge >= 0.3 is 0 Å². The van der Waals surface area contributed by atoms with Crippen LogP contribution in [0.1, 0.15) is 32.6 Å². The third kappa shape index (κ3) is 3.98. The fourth-order valence-electron chi connectivity index (χ4n) is 2.11. The number of amides is 2. The highest BCUT2D eigenvalue weighted by molar-refractivity contribution is 5.89. The zero-order valence-corrected chi connectivity index (χ0v) is 11.0. The van der Waals surface area contributed by atoms with E-state index in [2.05, 4.69) is 5.32 Å². The van der Waals surface area contributed by atoms with Gasteiger partial charge in [-0.25, -0.2) is 0 Å². The zero-order valence-electron chi connectivity index (χ0n) is 11.0. The Balaban J connectivity index is 1.66. The molecule has 5 nitrogen and oxygen atoms in total. The number of carbonyl (C=O) groups excluding carboxylic acids is 2. The van der Waals surface area contributed by atoms with Crippen molar-refractivity contribution in [3.8, 4) is 0 Å². The van der Waals surface area contributed by atoms with E-state index in [0.29, 0.717) is 26.1 Å². The van der Waals surface area contributed by atoms with Gasteiger partial charge in [0.1, 0.15) is 6.04 Å². The average molecular weight is 254 g/mol. The summed E-state index contributed by atoms with van der Waals surface area (Å²) in [7, 11) is 0. The molecular formula is C13H22N2O3. The first kappa shape index (κ1) is 13.3. The van der Waals surface area contributed by atoms with Crippen LogP contribution in [0.3, 0.4) is 0 Å². The van der Waals surface area contributed by atoms with Gasteiger partial charge in [-0.15, -0.1) is 0 Å². The van der Waals surface area contributed by atoms with Crippen molar-refractivity contribution in [2.75, 3.05) is 26.3 Å². The molecule has 1 aliphatic carbocycles. The number of hydrogen-bond acceptors (Lipinski definition) is 3. The summed E-state index contributed by atoms with van der Waals surface area (Å²) >= 11 is 0. The molecule has 2 rings (SSSR count). The van der Waals surface area contributed by atoms with Gasteiger partial charge in [-0.3, -0.25) is 9.59 Å². The van der Waals surface area contributed by atoms with E-state index >= 15 is 0 Å². The summed E-state index contributed by atoms with van der Waals surface area (Å²) in [5, 5.41) is 2.68. The van der Waals surface area contributed by atoms with Crippen LogP contribution in [-0.2, 0) is 14.3 Å². The standard InChI is InChI=1S/C13H22N2O3/c1-10-13(17)15(7-5-12(16)14-10)6-2-8-18-9-11-3-4-11/h10-11H,2-9H2,1H3,(H,14,16). The van der Waals surface area contributed by atoms with E-state index in [-0.39, 0.29) is 11.8 Å². The summed E-state index contributed by atoms with van der Waals surface area (Å²) in [6, 6.07) is -0.396. The molecule has 1 saturated carbocycles. The number of carbonyl (C=O) groups is 2. The summed E-state index contributed by atoms with van der Waals surface area (Å²) in [6.07, 6.45) is 3.85. The van der Waals surface area contributed by atoms with Gasteiger partial charge in [0.05, 0.1) is 0 Å². The maximum absolute atomic E-state index is 11.9. The van der Waals surface area contributed by atoms with E-state index in [1.807, 2.05) is 0 Å². The van der Waals surface area contributed by atoms with Crippen LogP contribution in [0.25, 0.3) is 0 Å². The molecule has 0 aromatic rings. The Bertz CT molecular complexity index is 315. The predicted molar refractivity (Wildman–Crippen MR) is 67.0 cm³/mol. The van der Waals surface area contributed by atoms with Crippen molar-refractivity contribution in [1.29, 1.82) is 0 Å². The molecule has 2 amide bonds. The average Bonchev–Trinajstić information content (AvgIpc) is 3.15. The Kier molecular flexibility index (Phi) is 4.58. The highest BCUT2D eigenvalue weighted by Gasteiger charge is 2.26. The monoisotopic (exact) mass is 254 g/mol. The SMILES string of the molecule is CC1NC(=O)CCN(CCCOCC2CC2)C1=O. The molecule has 1 heterocycles. The molecule has 102 valence electrons. The number of nitrogens with zero attached hydrogens (tertiary/aromatic N) is 1. The topological polar surface area (TPSA) is 58.6 Å². The van der Waals surface area contributed by atoms with Gasteiger partial charge in [-0.1, -0.05) is 0 Å². The van der Waals surface area contributed by atoms with Crippen molar-refractivity contribution in [1.82, 2.24) is 10.2 Å². The lowest BCUT2D eigenvalue weighted by molar-refractivity contribution is -0.133. The molecule has 5 heteroatoms. The largest absolute Gasteiger partial charge is 0.381 e. The number of hydrogen-bond donors (Lipinski definition) is 1. The van der Waals surface area contributed by atoms with E-state index in [4.69, 9.17) is 4.74 Å². The summed E-state index contributed by atoms with van der Waals surface area (Å²) in [5.41, 5.74) is 0. The summed E-state index contributed by atoms with van der Waals surface area (Å²) in [4.78, 5) is 25.0. The molecule has 1 unspecified atom stereocenters. The minimum atomic E-state index is -0.396. The van der Waals surface area contributed by atoms with Gasteiger partial charge in [-0.2, -0.15) is 0 Å². The van der Waals surface area contributed by atoms with Crippen molar-refractivity contribution in [2.45, 2.75) is 38.6 Å². The lowest BCUT2D eigenvalue weighted by Gasteiger charge is -2.22. The maximum atomic E-state index is 11.9. The molecule has 0 spiro atoms. The van der Waals surface area contributed by atoms with Crippen molar-refractivity contribution >= 4 is 11.8 Å². The maximum Gasteiger partial charge on any atom is 0.244 e. The van der Waals surface area contributed by atoms with E-state index in [1.165, 1.54) is 12.8 Å². The minimum absolute atomic E-state index is 0.0167. The van der Waals surface area contributed by atoms with Crippen molar-refractivity contribution in [2.24, 2.45) is 5.92 Å². The molecule has 1 aliphatic heterocycles. The second-order valence-electron chi connectivity index (χ2n) is 5.24. The highest BCUT2D eigenvalue weighted by atomic mass is 16.5. The lowest BCUT2D eigenvalue weighted by Crippen LogP contribution is -2.43. The Morgan fingerprint density at radius 3 is 2.89 bits per heavy atom. The first-order valence-electron chi connectivity index (χ1n) is 6.82. The molecule has 0 aromatic carbocycles. The van der Waals surface area contributed by atoms with E-state index in [0.717, 1.165) is 18.9 Å². The van der Waals surface area contributed by atoms with Gasteiger partial charge in [0.2, 0.25) is 11.8 Å². The molecule has 1 atom stereocenters. The Hall–Kier alpha value is -1.10. The summed E-state index contributed by atoms with van der Waals surface area (Å²) < 4.78 is 5.54. The molecule has 2 fully saturated rings. The van der Waals surface area contributed by atoms with Crippen LogP contribution < -0.4 is 5.32 Å². The minimum Gasteiger partial charge on any atom is -0.381 e. The number of ether oxygens (including phenoxy) is 1. The zero-order chi connectivity index (χ0) is 13.0. The highest BCUT2D eigenvalue weighted by Crippen LogP contribution is 2.28. The van der Waals surface area contributed by atoms with E-state index < -0.39 is 6.04 Å². The van der Waals surface area contributed by atoms with Crippen LogP contribution in [0, 0.1) is 5.92 Å². The van der Waals surface area contributed by atoms with Crippen molar-refractivity contribution < 1.29 is 14.3 Å². The fraction of sp³-hybridized carbons (Fsp3) is 0.846. The van der Waals surface area contributed by atoms with Gasteiger partial charge in [-0.05, 0) is 32.1 Å². The third-order valence-corrected chi connectivity index (χ3v) is 3.44. The van der Waals surface area contributed by atoms with Gasteiger partial charge in [0.15, 0.2) is 0 Å². The second-order valence-corrected chi connectivity index (χ2v) is 5.24. The summed E-state index contributed by atoms with van der Waals surface area (Å²) in [5.74, 6) is 0.762. The third-order valence-electron chi connectivity index (χ3n) is 3.44. The van der Waals surface area contributed by atoms with Crippen LogP contribution in [0.15, 0.2) is 0 Å². The number of rotatable bonds is 6. The van der Waals surface area contributed by atoms with Crippen molar-refractivity contribution in [3.05, 3.63) is 0 Å². The van der Waals surface area contributed by atoms with Crippen LogP contribution in [0.4, 0.5) is 0 Å². The van der Waals surface area contributed by atoms with Crippen LogP contribution in [0.5, 0.6) is 0 Å². The normalized spacial score (nSPS) is 24.9. The Labute approximate surface area is 108 Å². The van der Waals surface area contributed by atoms with Gasteiger partial charge in [0.25, 0.3) is 0 Å². The quantitative estimate of drug-likeness (QED) is 0.704. The molecule has 0 aromatic heterocycles. The van der Waals surface area contributed by atoms with E-state index in [1.54, 1.807) is 11.8 Å². The predicted octanol–water partition coefficient (Wildman–Crippen LogP) is 0.540. The van der Waals surface area contributed by atoms with Crippen LogP contribution >= 0.6 is 0 Å². The lowest BCUT2D eigenvalue weighted by atomic mass is 10.3. The second kappa shape index (κ2) is 6.18. The molecular weight excluding hydrogens is 232 g/mol. The first-order chi connectivity index (χ1) is 8.66. The molecule has 18 heavy (non-hydrogen) atoms. The Morgan fingerprint density at radius 1 is 1.39 bits per heavy atom.